The number of rotatable bonds is 7. The topological polar surface area (TPSA) is 108 Å². The fraction of sp³-hybridized carbons (Fsp3) is 0.182. The number of carbonyl (C=O) groups excluding carboxylic acids is 2. The molecule has 4 rings (SSSR count). The summed E-state index contributed by atoms with van der Waals surface area (Å²) < 4.78 is 15.4. The molecular weight excluding hydrogens is 452 g/mol. The van der Waals surface area contributed by atoms with Crippen molar-refractivity contribution in [3.63, 3.8) is 0 Å². The van der Waals surface area contributed by atoms with E-state index in [0.29, 0.717) is 22.3 Å². The molecule has 10 heteroatoms. The van der Waals surface area contributed by atoms with Crippen molar-refractivity contribution in [3.05, 3.63) is 68.8 Å². The minimum atomic E-state index is -0.608. The first-order chi connectivity index (χ1) is 15.5. The number of hydrogen-bond donors (Lipinski definition) is 1. The van der Waals surface area contributed by atoms with Gasteiger partial charge < -0.3 is 13.9 Å². The van der Waals surface area contributed by atoms with E-state index in [-0.39, 0.29) is 25.2 Å². The number of aromatic nitrogens is 1. The van der Waals surface area contributed by atoms with Crippen LogP contribution >= 0.6 is 22.7 Å². The molecule has 4 aromatic rings. The molecule has 3 heterocycles. The second-order valence-corrected chi connectivity index (χ2v) is 8.41. The lowest BCUT2D eigenvalue weighted by atomic mass is 10.1. The summed E-state index contributed by atoms with van der Waals surface area (Å²) in [6.07, 6.45) is -0.571. The van der Waals surface area contributed by atoms with Crippen LogP contribution in [-0.4, -0.2) is 23.7 Å². The Bertz CT molecular complexity index is 1310. The highest BCUT2D eigenvalue weighted by atomic mass is 32.1. The van der Waals surface area contributed by atoms with E-state index in [0.717, 1.165) is 9.88 Å². The normalized spacial score (nSPS) is 10.8. The zero-order valence-electron chi connectivity index (χ0n) is 17.0. The SMILES string of the molecule is CCOC(=O)Nc1ccc2c(COC(=O)Cc3csc(-c4cccs4)n3)cc(=O)oc2c1. The highest BCUT2D eigenvalue weighted by Gasteiger charge is 2.13. The maximum atomic E-state index is 12.3. The number of ether oxygens (including phenoxy) is 2. The number of nitrogens with one attached hydrogen (secondary N) is 1. The first-order valence-corrected chi connectivity index (χ1v) is 11.4. The number of fused-ring (bicyclic) bond motifs is 1. The summed E-state index contributed by atoms with van der Waals surface area (Å²) in [6, 6.07) is 10.0. The Kier molecular flexibility index (Phi) is 6.62. The molecule has 0 bridgehead atoms. The molecule has 164 valence electrons. The van der Waals surface area contributed by atoms with Gasteiger partial charge in [0.2, 0.25) is 0 Å². The minimum Gasteiger partial charge on any atom is -0.460 e. The summed E-state index contributed by atoms with van der Waals surface area (Å²) in [6.45, 7) is 1.84. The number of hydrogen-bond acceptors (Lipinski definition) is 9. The van der Waals surface area contributed by atoms with Crippen molar-refractivity contribution >= 4 is 51.4 Å². The van der Waals surface area contributed by atoms with Gasteiger partial charge in [0.1, 0.15) is 17.2 Å². The molecule has 1 aromatic carbocycles. The van der Waals surface area contributed by atoms with Crippen LogP contribution in [0.2, 0.25) is 0 Å². The number of amides is 1. The number of benzene rings is 1. The number of nitrogens with zero attached hydrogens (tertiary/aromatic N) is 1. The third kappa shape index (κ3) is 5.21. The molecule has 0 radical (unpaired) electrons. The van der Waals surface area contributed by atoms with Crippen molar-refractivity contribution in [1.82, 2.24) is 4.98 Å². The Labute approximate surface area is 190 Å². The highest BCUT2D eigenvalue weighted by Crippen LogP contribution is 2.28. The van der Waals surface area contributed by atoms with Crippen molar-refractivity contribution in [2.75, 3.05) is 11.9 Å². The molecule has 0 saturated heterocycles. The van der Waals surface area contributed by atoms with Gasteiger partial charge in [0.15, 0.2) is 0 Å². The second kappa shape index (κ2) is 9.75. The number of esters is 1. The van der Waals surface area contributed by atoms with E-state index in [9.17, 15) is 14.4 Å². The molecule has 0 aliphatic heterocycles. The van der Waals surface area contributed by atoms with E-state index in [1.54, 1.807) is 30.4 Å². The quantitative estimate of drug-likeness (QED) is 0.304. The standard InChI is InChI=1S/C22H18N2O6S2/c1-2-28-22(27)24-14-5-6-16-13(8-20(26)30-17(16)9-14)11-29-19(25)10-15-12-32-21(23-15)18-4-3-7-31-18/h3-9,12H,2,10-11H2,1H3,(H,24,27). The van der Waals surface area contributed by atoms with Gasteiger partial charge in [-0.1, -0.05) is 6.07 Å². The van der Waals surface area contributed by atoms with Crippen LogP contribution in [0.15, 0.2) is 56.4 Å². The number of carbonyl (C=O) groups is 2. The second-order valence-electron chi connectivity index (χ2n) is 6.61. The molecule has 3 aromatic heterocycles. The summed E-state index contributed by atoms with van der Waals surface area (Å²) in [5.41, 5.74) is 1.23. The Morgan fingerprint density at radius 1 is 1.16 bits per heavy atom. The zero-order chi connectivity index (χ0) is 22.5. The lowest BCUT2D eigenvalue weighted by Crippen LogP contribution is -2.13. The first-order valence-electron chi connectivity index (χ1n) is 9.66. The van der Waals surface area contributed by atoms with Gasteiger partial charge in [-0.25, -0.2) is 14.6 Å². The average molecular weight is 471 g/mol. The summed E-state index contributed by atoms with van der Waals surface area (Å²) in [4.78, 5) is 41.4. The van der Waals surface area contributed by atoms with E-state index < -0.39 is 17.7 Å². The predicted octanol–water partition coefficient (Wildman–Crippen LogP) is 4.83. The summed E-state index contributed by atoms with van der Waals surface area (Å²) >= 11 is 3.06. The molecule has 0 spiro atoms. The van der Waals surface area contributed by atoms with E-state index >= 15 is 0 Å². The lowest BCUT2D eigenvalue weighted by molar-refractivity contribution is -0.144. The van der Waals surface area contributed by atoms with Crippen molar-refractivity contribution in [2.24, 2.45) is 0 Å². The molecule has 0 saturated carbocycles. The third-order valence-corrected chi connectivity index (χ3v) is 6.28. The number of anilines is 1. The third-order valence-electron chi connectivity index (χ3n) is 4.35. The molecule has 0 aliphatic rings. The number of thiazole rings is 1. The van der Waals surface area contributed by atoms with Crippen molar-refractivity contribution in [2.45, 2.75) is 20.0 Å². The van der Waals surface area contributed by atoms with Gasteiger partial charge in [0, 0.05) is 34.1 Å². The van der Waals surface area contributed by atoms with Crippen LogP contribution in [0.1, 0.15) is 18.2 Å². The van der Waals surface area contributed by atoms with E-state index in [4.69, 9.17) is 13.9 Å². The minimum absolute atomic E-state index is 0.0366. The van der Waals surface area contributed by atoms with Gasteiger partial charge in [0.25, 0.3) is 0 Å². The summed E-state index contributed by atoms with van der Waals surface area (Å²) in [7, 11) is 0. The Balaban J connectivity index is 1.43. The largest absolute Gasteiger partial charge is 0.460 e. The van der Waals surface area contributed by atoms with Gasteiger partial charge in [0.05, 0.1) is 23.6 Å². The maximum absolute atomic E-state index is 12.3. The van der Waals surface area contributed by atoms with Crippen molar-refractivity contribution in [3.8, 4) is 9.88 Å². The van der Waals surface area contributed by atoms with E-state index in [1.807, 2.05) is 22.9 Å². The van der Waals surface area contributed by atoms with E-state index in [1.165, 1.54) is 23.5 Å². The van der Waals surface area contributed by atoms with Crippen molar-refractivity contribution in [1.29, 1.82) is 0 Å². The Hall–Kier alpha value is -3.50. The fourth-order valence-electron chi connectivity index (χ4n) is 2.97. The molecular formula is C22H18N2O6S2. The zero-order valence-corrected chi connectivity index (χ0v) is 18.6. The molecule has 32 heavy (non-hydrogen) atoms. The van der Waals surface area contributed by atoms with Crippen LogP contribution in [0.25, 0.3) is 20.9 Å². The Morgan fingerprint density at radius 2 is 2.03 bits per heavy atom. The smallest absolute Gasteiger partial charge is 0.411 e. The highest BCUT2D eigenvalue weighted by molar-refractivity contribution is 7.20. The first kappa shape index (κ1) is 21.7. The molecule has 1 N–H and O–H groups in total. The molecule has 0 atom stereocenters. The van der Waals surface area contributed by atoms with Crippen LogP contribution in [0.5, 0.6) is 0 Å². The molecule has 0 unspecified atom stereocenters. The lowest BCUT2D eigenvalue weighted by Gasteiger charge is -2.09. The fourth-order valence-corrected chi connectivity index (χ4v) is 4.60. The van der Waals surface area contributed by atoms with Gasteiger partial charge in [-0.3, -0.25) is 10.1 Å². The van der Waals surface area contributed by atoms with Crippen LogP contribution in [-0.2, 0) is 27.3 Å². The monoisotopic (exact) mass is 470 g/mol. The molecule has 0 fully saturated rings. The van der Waals surface area contributed by atoms with Crippen LogP contribution < -0.4 is 10.9 Å². The van der Waals surface area contributed by atoms with E-state index in [2.05, 4.69) is 10.3 Å². The Morgan fingerprint density at radius 3 is 2.81 bits per heavy atom. The van der Waals surface area contributed by atoms with Gasteiger partial charge in [-0.05, 0) is 30.5 Å². The maximum Gasteiger partial charge on any atom is 0.411 e. The van der Waals surface area contributed by atoms with Crippen molar-refractivity contribution < 1.29 is 23.5 Å². The summed E-state index contributed by atoms with van der Waals surface area (Å²) in [5, 5.41) is 7.82. The summed E-state index contributed by atoms with van der Waals surface area (Å²) in [5.74, 6) is -0.449. The average Bonchev–Trinajstić information content (AvgIpc) is 3.44. The van der Waals surface area contributed by atoms with Gasteiger partial charge in [-0.15, -0.1) is 22.7 Å². The molecule has 8 nitrogen and oxygen atoms in total. The van der Waals surface area contributed by atoms with Crippen LogP contribution in [0.3, 0.4) is 0 Å². The van der Waals surface area contributed by atoms with Crippen LogP contribution in [0.4, 0.5) is 10.5 Å². The predicted molar refractivity (Wildman–Crippen MR) is 122 cm³/mol. The molecule has 0 aliphatic carbocycles. The van der Waals surface area contributed by atoms with Gasteiger partial charge in [-0.2, -0.15) is 0 Å². The molecule has 1 amide bonds. The van der Waals surface area contributed by atoms with Crippen LogP contribution in [0, 0.1) is 0 Å². The van der Waals surface area contributed by atoms with Gasteiger partial charge >= 0.3 is 17.7 Å². The number of thiophene rings is 1.